The molecule has 4 saturated heterocycles. The van der Waals surface area contributed by atoms with Crippen LogP contribution in [0.4, 0.5) is 4.79 Å². The quantitative estimate of drug-likeness (QED) is 0.0507. The molecule has 4 fully saturated rings. The van der Waals surface area contributed by atoms with Gasteiger partial charge in [-0.3, -0.25) is 9.59 Å². The third kappa shape index (κ3) is 22.3. The number of esters is 2. The second-order valence-corrected chi connectivity index (χ2v) is 30.1. The van der Waals surface area contributed by atoms with Gasteiger partial charge in [0.1, 0.15) is 37.4 Å². The number of cyclic esters (lactones) is 1. The number of nitrogens with one attached hydrogen (secondary N) is 1. The molecule has 0 saturated carbocycles. The Morgan fingerprint density at radius 2 is 1.27 bits per heavy atom. The van der Waals surface area contributed by atoms with Crippen LogP contribution in [0.2, 0.25) is 0 Å². The van der Waals surface area contributed by atoms with E-state index in [-0.39, 0.29) is 69.7 Å². The van der Waals surface area contributed by atoms with Crippen LogP contribution in [0.1, 0.15) is 79.1 Å². The first-order chi connectivity index (χ1) is 39.6. The molecule has 0 aliphatic carbocycles. The van der Waals surface area contributed by atoms with Gasteiger partial charge in [-0.25, -0.2) is 4.79 Å². The zero-order valence-corrected chi connectivity index (χ0v) is 52.9. The summed E-state index contributed by atoms with van der Waals surface area (Å²) in [5, 5.41) is 60.5. The fourth-order valence-corrected chi connectivity index (χ4v) is 12.6. The molecule has 25 atom stereocenters. The molecular weight excluding hydrogens is 1150 g/mol. The van der Waals surface area contributed by atoms with Crippen molar-refractivity contribution < 1.29 is 92.0 Å². The van der Waals surface area contributed by atoms with Crippen molar-refractivity contribution >= 4 is 51.1 Å². The lowest BCUT2D eigenvalue weighted by Gasteiger charge is -2.49. The van der Waals surface area contributed by atoms with Crippen molar-refractivity contribution in [3.8, 4) is 0 Å². The molecule has 9 unspecified atom stereocenters. The summed E-state index contributed by atoms with van der Waals surface area (Å²) in [6.45, 7) is 18.0. The molecule has 0 aromatic carbocycles. The molecule has 0 aromatic heterocycles. The molecule has 6 N–H and O–H groups in total. The molecule has 5 heterocycles. The van der Waals surface area contributed by atoms with Crippen molar-refractivity contribution in [2.75, 3.05) is 33.7 Å². The number of carbonyl (C=O) groups is 3. The summed E-state index contributed by atoms with van der Waals surface area (Å²) in [6, 6.07) is -2.61. The number of carbonyl (C=O) groups excluding carboxylic acids is 3. The van der Waals surface area contributed by atoms with Gasteiger partial charge in [-0.05, 0) is 55.2 Å². The van der Waals surface area contributed by atoms with E-state index >= 15 is 0 Å². The van der Waals surface area contributed by atoms with Gasteiger partial charge in [0.2, 0.25) is 0 Å². The number of alkyl carbamates (subject to hydrolysis) is 1. The number of fused-ring (bicyclic) bond motifs is 6. The first-order valence-corrected chi connectivity index (χ1v) is 35.2. The second-order valence-electron chi connectivity index (χ2n) is 21.7. The molecular formula is C59H91NO19P4. The second kappa shape index (κ2) is 35.8. The Morgan fingerprint density at radius 3 is 1.88 bits per heavy atom. The number of rotatable bonds is 11. The number of amides is 1. The SMILES string of the molecule is C=CCOC(=O)N[C@@H]1[C@@H](O)[C@H](O[C@H]2/C=C/C=C/C=C/C=C/C=C/C=C/C=C/[C@H](C)[C@@H](O)[C@@H](C)[C@H](C)OC(=O)C[C@H]3CC(CC[C@@H](O)[C@H]4CC(C[C@]5(OC)C[C@H](O)[C@@H](C(=O)OCC=C)C(C2)O5)OC(P(C)P)O4)OC(P(C)P)O3)O[C@H](C)[C@H]1O. The maximum atomic E-state index is 14.0. The summed E-state index contributed by atoms with van der Waals surface area (Å²) >= 11 is 0. The number of hydrogen-bond donors (Lipinski definition) is 6. The van der Waals surface area contributed by atoms with E-state index in [1.54, 1.807) is 44.2 Å². The number of aliphatic hydroxyl groups is 5. The van der Waals surface area contributed by atoms with Crippen molar-refractivity contribution in [1.82, 2.24) is 5.32 Å². The first kappa shape index (κ1) is 70.8. The minimum atomic E-state index is -1.63. The molecule has 5 rings (SSSR count). The van der Waals surface area contributed by atoms with Crippen LogP contribution >= 0.6 is 33.1 Å². The summed E-state index contributed by atoms with van der Waals surface area (Å²) in [6.07, 6.45) is 14.4. The molecule has 24 heteroatoms. The average Bonchev–Trinajstić information content (AvgIpc) is 3.33. The fourth-order valence-electron chi connectivity index (χ4n) is 10.3. The smallest absolute Gasteiger partial charge is 0.407 e. The molecule has 5 aliphatic rings. The van der Waals surface area contributed by atoms with Gasteiger partial charge in [-0.1, -0.05) is 124 Å². The minimum Gasteiger partial charge on any atom is -0.462 e. The normalized spacial score (nSPS) is 41.8. The highest BCUT2D eigenvalue weighted by Gasteiger charge is 2.54. The molecule has 0 radical (unpaired) electrons. The van der Waals surface area contributed by atoms with Gasteiger partial charge < -0.3 is 83.0 Å². The van der Waals surface area contributed by atoms with Crippen LogP contribution in [0.5, 0.6) is 0 Å². The lowest BCUT2D eigenvalue weighted by molar-refractivity contribution is -0.326. The minimum absolute atomic E-state index is 0.0202. The molecule has 6 bridgehead atoms. The summed E-state index contributed by atoms with van der Waals surface area (Å²) < 4.78 is 67.8. The standard InChI is InChI=1S/C59H91NO19P4/c1-10-28-70-54(67)49-45(62)35-59(69-7)34-43-32-46(78-58(77-43)83(9)81)44(61)27-26-41-30-42(76-57(75-41)82(8)80)33-48(63)72-38(5)37(4)51(64)36(3)24-22-20-18-16-14-12-13-15-17-19-21-23-25-40(31-47(49)79-59)74-55-53(66)50(52(65)39(6)73-55)60-56(68)71-29-11-2/h10-25,36-47,49-53,55,57-58,61-62,64-66H,1-2,26-35,80-81H2,3-9H3,(H,60,68)/b13-12+,16-14+,17-15+,20-18+,21-19+,24-22+,25-23+/t36-,37-,38-,39+,40-,41?,42+,43?,44+,45-,46+,47?,49+,50-,51+,52+,53+,55-,57?,58?,59+,82?,83?/m0/s1. The molecule has 83 heavy (non-hydrogen) atoms. The van der Waals surface area contributed by atoms with E-state index in [0.29, 0.717) is 12.8 Å². The lowest BCUT2D eigenvalue weighted by Crippen LogP contribution is -2.64. The number of methoxy groups -OCH3 is 1. The zero-order valence-electron chi connectivity index (χ0n) is 48.8. The van der Waals surface area contributed by atoms with Crippen molar-refractivity contribution in [2.45, 2.75) is 189 Å². The number of ether oxygens (including phenoxy) is 11. The van der Waals surface area contributed by atoms with Gasteiger partial charge in [0.15, 0.2) is 24.1 Å². The van der Waals surface area contributed by atoms with E-state index in [0.717, 1.165) is 0 Å². The third-order valence-electron chi connectivity index (χ3n) is 15.1. The van der Waals surface area contributed by atoms with Gasteiger partial charge in [0.25, 0.3) is 0 Å². The Kier molecular flexibility index (Phi) is 30.5. The van der Waals surface area contributed by atoms with Crippen molar-refractivity contribution in [3.05, 3.63) is 110 Å². The lowest BCUT2D eigenvalue weighted by atomic mass is 9.82. The molecule has 466 valence electrons. The predicted octanol–water partition coefficient (Wildman–Crippen LogP) is 7.46. The first-order valence-electron chi connectivity index (χ1n) is 28.3. The van der Waals surface area contributed by atoms with Crippen LogP contribution in [-0.2, 0) is 61.7 Å². The Labute approximate surface area is 496 Å². The van der Waals surface area contributed by atoms with Crippen LogP contribution < -0.4 is 5.32 Å². The highest BCUT2D eigenvalue weighted by atomic mass is 32.0. The molecule has 1 amide bonds. The monoisotopic (exact) mass is 1240 g/mol. The fraction of sp³-hybridized carbons (Fsp3) is 0.644. The van der Waals surface area contributed by atoms with Crippen LogP contribution in [-0.4, -0.2) is 187 Å². The van der Waals surface area contributed by atoms with Gasteiger partial charge >= 0.3 is 18.0 Å². The number of hydrogen-bond acceptors (Lipinski definition) is 19. The summed E-state index contributed by atoms with van der Waals surface area (Å²) in [5.41, 5.74) is 0. The Bertz CT molecular complexity index is 2270. The van der Waals surface area contributed by atoms with E-state index in [4.69, 9.17) is 52.1 Å². The van der Waals surface area contributed by atoms with Gasteiger partial charge in [-0.15, -0.1) is 17.9 Å². The van der Waals surface area contributed by atoms with Crippen molar-refractivity contribution in [3.63, 3.8) is 0 Å². The largest absolute Gasteiger partial charge is 0.462 e. The highest BCUT2D eigenvalue weighted by molar-refractivity contribution is 8.13. The van der Waals surface area contributed by atoms with E-state index < -0.39 is 143 Å². The van der Waals surface area contributed by atoms with E-state index in [1.165, 1.54) is 19.3 Å². The van der Waals surface area contributed by atoms with Crippen molar-refractivity contribution in [2.24, 2.45) is 17.8 Å². The van der Waals surface area contributed by atoms with Crippen LogP contribution in [0.25, 0.3) is 0 Å². The summed E-state index contributed by atoms with van der Waals surface area (Å²) in [7, 11) is 5.14. The average molecular weight is 1240 g/mol. The predicted molar refractivity (Wildman–Crippen MR) is 324 cm³/mol. The molecule has 0 aromatic rings. The van der Waals surface area contributed by atoms with E-state index in [1.807, 2.05) is 81.9 Å². The topological polar surface area (TPSA) is 266 Å². The molecule has 20 nitrogen and oxygen atoms in total. The van der Waals surface area contributed by atoms with Crippen molar-refractivity contribution in [1.29, 1.82) is 0 Å². The van der Waals surface area contributed by atoms with Gasteiger partial charge in [-0.2, -0.15) is 0 Å². The van der Waals surface area contributed by atoms with E-state index in [9.17, 15) is 39.9 Å². The van der Waals surface area contributed by atoms with Gasteiger partial charge in [0, 0.05) is 51.0 Å². The Hall–Kier alpha value is -2.93. The molecule has 0 spiro atoms. The Morgan fingerprint density at radius 1 is 0.687 bits per heavy atom. The maximum Gasteiger partial charge on any atom is 0.407 e. The van der Waals surface area contributed by atoms with Crippen LogP contribution in [0.15, 0.2) is 110 Å². The van der Waals surface area contributed by atoms with Crippen LogP contribution in [0, 0.1) is 17.8 Å². The number of aliphatic hydroxyl groups excluding tert-OH is 5. The zero-order chi connectivity index (χ0) is 60.8. The van der Waals surface area contributed by atoms with E-state index in [2.05, 4.69) is 36.3 Å². The summed E-state index contributed by atoms with van der Waals surface area (Å²) in [4.78, 5) is 40.1. The van der Waals surface area contributed by atoms with Crippen LogP contribution in [0.3, 0.4) is 0 Å². The summed E-state index contributed by atoms with van der Waals surface area (Å²) in [5.74, 6) is -4.70. The molecule has 5 aliphatic heterocycles. The number of allylic oxidation sites excluding steroid dienone is 12. The third-order valence-corrected chi connectivity index (χ3v) is 18.3. The Balaban J connectivity index is 1.49. The van der Waals surface area contributed by atoms with Gasteiger partial charge in [0.05, 0.1) is 73.5 Å². The highest BCUT2D eigenvalue weighted by Crippen LogP contribution is 2.52. The maximum absolute atomic E-state index is 14.0.